The average molecular weight is 296 g/mol. The lowest BCUT2D eigenvalue weighted by Gasteiger charge is -2.29. The van der Waals surface area contributed by atoms with Crippen molar-refractivity contribution in [3.63, 3.8) is 0 Å². The molecule has 1 atom stereocenters. The van der Waals surface area contributed by atoms with Crippen LogP contribution in [0.5, 0.6) is 0 Å². The third-order valence-corrected chi connectivity index (χ3v) is 4.14. The summed E-state index contributed by atoms with van der Waals surface area (Å²) in [4.78, 5) is 12.7. The Morgan fingerprint density at radius 1 is 1.32 bits per heavy atom. The quantitative estimate of drug-likeness (QED) is 0.911. The van der Waals surface area contributed by atoms with E-state index in [1.54, 1.807) is 19.1 Å². The first kappa shape index (κ1) is 14.1. The zero-order valence-corrected chi connectivity index (χ0v) is 12.0. The smallest absolute Gasteiger partial charge is 0.262 e. The van der Waals surface area contributed by atoms with Crippen molar-refractivity contribution in [1.29, 1.82) is 0 Å². The van der Waals surface area contributed by atoms with Crippen molar-refractivity contribution >= 4 is 28.8 Å². The third kappa shape index (κ3) is 3.15. The lowest BCUT2D eigenvalue weighted by atomic mass is 9.93. The molecule has 2 rings (SSSR count). The summed E-state index contributed by atoms with van der Waals surface area (Å²) in [7, 11) is 0. The number of hydrogen-bond acceptors (Lipinski definition) is 3. The number of amides is 1. The second kappa shape index (κ2) is 5.74. The molecule has 2 aromatic rings. The van der Waals surface area contributed by atoms with Gasteiger partial charge in [-0.05, 0) is 24.6 Å². The van der Waals surface area contributed by atoms with Gasteiger partial charge >= 0.3 is 0 Å². The van der Waals surface area contributed by atoms with E-state index in [-0.39, 0.29) is 12.5 Å². The molecule has 19 heavy (non-hydrogen) atoms. The van der Waals surface area contributed by atoms with Crippen LogP contribution in [0.4, 0.5) is 0 Å². The van der Waals surface area contributed by atoms with Crippen LogP contribution >= 0.6 is 22.9 Å². The van der Waals surface area contributed by atoms with Gasteiger partial charge < -0.3 is 10.4 Å². The van der Waals surface area contributed by atoms with E-state index in [1.165, 1.54) is 11.3 Å². The van der Waals surface area contributed by atoms with Crippen molar-refractivity contribution in [2.75, 3.05) is 6.61 Å². The van der Waals surface area contributed by atoms with Crippen molar-refractivity contribution in [3.05, 3.63) is 57.2 Å². The van der Waals surface area contributed by atoms with Crippen LogP contribution in [0.2, 0.25) is 4.34 Å². The zero-order chi connectivity index (χ0) is 13.9. The standard InChI is InChI=1S/C14H14ClNO2S/c1-14(9-17,10-5-3-2-4-6-10)16-13(18)11-7-8-12(15)19-11/h2-8,17H,9H2,1H3,(H,16,18). The van der Waals surface area contributed by atoms with E-state index in [4.69, 9.17) is 11.6 Å². The van der Waals surface area contributed by atoms with Gasteiger partial charge in [-0.25, -0.2) is 0 Å². The van der Waals surface area contributed by atoms with Gasteiger partial charge in [0.25, 0.3) is 5.91 Å². The molecule has 1 unspecified atom stereocenters. The summed E-state index contributed by atoms with van der Waals surface area (Å²) in [6, 6.07) is 12.7. The van der Waals surface area contributed by atoms with Crippen LogP contribution < -0.4 is 5.32 Å². The SMILES string of the molecule is CC(CO)(NC(=O)c1ccc(Cl)s1)c1ccccc1. The normalized spacial score (nSPS) is 13.8. The highest BCUT2D eigenvalue weighted by molar-refractivity contribution is 7.18. The summed E-state index contributed by atoms with van der Waals surface area (Å²) < 4.78 is 0.565. The lowest BCUT2D eigenvalue weighted by Crippen LogP contribution is -2.46. The van der Waals surface area contributed by atoms with Crippen molar-refractivity contribution in [2.45, 2.75) is 12.5 Å². The Labute approximate surface area is 120 Å². The Morgan fingerprint density at radius 3 is 2.53 bits per heavy atom. The molecule has 0 aliphatic rings. The van der Waals surface area contributed by atoms with Crippen LogP contribution in [0.15, 0.2) is 42.5 Å². The second-order valence-electron chi connectivity index (χ2n) is 4.41. The molecule has 0 bridgehead atoms. The number of rotatable bonds is 4. The van der Waals surface area contributed by atoms with Crippen LogP contribution in [-0.2, 0) is 5.54 Å². The highest BCUT2D eigenvalue weighted by Gasteiger charge is 2.28. The molecule has 0 saturated carbocycles. The lowest BCUT2D eigenvalue weighted by molar-refractivity contribution is 0.0854. The number of aliphatic hydroxyl groups is 1. The summed E-state index contributed by atoms with van der Waals surface area (Å²) in [6.07, 6.45) is 0. The minimum Gasteiger partial charge on any atom is -0.394 e. The van der Waals surface area contributed by atoms with E-state index in [1.807, 2.05) is 30.3 Å². The van der Waals surface area contributed by atoms with Crippen LogP contribution in [0.25, 0.3) is 0 Å². The fourth-order valence-corrected chi connectivity index (χ4v) is 2.70. The highest BCUT2D eigenvalue weighted by atomic mass is 35.5. The predicted molar refractivity (Wildman–Crippen MR) is 77.7 cm³/mol. The van der Waals surface area contributed by atoms with Gasteiger partial charge in [-0.2, -0.15) is 0 Å². The Morgan fingerprint density at radius 2 is 2.00 bits per heavy atom. The summed E-state index contributed by atoms with van der Waals surface area (Å²) >= 11 is 7.03. The van der Waals surface area contributed by atoms with Gasteiger partial charge in [-0.3, -0.25) is 4.79 Å². The summed E-state index contributed by atoms with van der Waals surface area (Å²) in [5.41, 5.74) is 0.0444. The first-order valence-corrected chi connectivity index (χ1v) is 6.99. The van der Waals surface area contributed by atoms with Crippen molar-refractivity contribution in [2.24, 2.45) is 0 Å². The minimum absolute atomic E-state index is 0.179. The number of benzene rings is 1. The fourth-order valence-electron chi connectivity index (χ4n) is 1.76. The number of nitrogens with one attached hydrogen (secondary N) is 1. The maximum absolute atomic E-state index is 12.1. The maximum Gasteiger partial charge on any atom is 0.262 e. The molecule has 5 heteroatoms. The Hall–Kier alpha value is -1.36. The van der Waals surface area contributed by atoms with Gasteiger partial charge in [0.05, 0.1) is 21.4 Å². The zero-order valence-electron chi connectivity index (χ0n) is 10.4. The molecule has 1 heterocycles. The van der Waals surface area contributed by atoms with Crippen molar-refractivity contribution in [1.82, 2.24) is 5.32 Å². The summed E-state index contributed by atoms with van der Waals surface area (Å²) in [5, 5.41) is 12.5. The van der Waals surface area contributed by atoms with Gasteiger partial charge in [0.15, 0.2) is 0 Å². The average Bonchev–Trinajstić information content (AvgIpc) is 2.86. The first-order valence-electron chi connectivity index (χ1n) is 5.79. The van der Waals surface area contributed by atoms with Crippen LogP contribution in [0, 0.1) is 0 Å². The fraction of sp³-hybridized carbons (Fsp3) is 0.214. The molecule has 1 aromatic carbocycles. The van der Waals surface area contributed by atoms with E-state index in [9.17, 15) is 9.90 Å². The van der Waals surface area contributed by atoms with E-state index in [2.05, 4.69) is 5.32 Å². The predicted octanol–water partition coefficient (Wildman–Crippen LogP) is 3.04. The molecular weight excluding hydrogens is 282 g/mol. The highest BCUT2D eigenvalue weighted by Crippen LogP contribution is 2.24. The molecule has 100 valence electrons. The van der Waals surface area contributed by atoms with Gasteiger partial charge in [-0.15, -0.1) is 11.3 Å². The monoisotopic (exact) mass is 295 g/mol. The summed E-state index contributed by atoms with van der Waals surface area (Å²) in [6.45, 7) is 1.61. The van der Waals surface area contributed by atoms with Crippen LogP contribution in [0.3, 0.4) is 0 Å². The number of carbonyl (C=O) groups excluding carboxylic acids is 1. The molecule has 2 N–H and O–H groups in total. The Kier molecular flexibility index (Phi) is 4.24. The molecule has 3 nitrogen and oxygen atoms in total. The van der Waals surface area contributed by atoms with Crippen LogP contribution in [-0.4, -0.2) is 17.6 Å². The number of hydrogen-bond donors (Lipinski definition) is 2. The molecular formula is C14H14ClNO2S. The Balaban J connectivity index is 2.22. The van der Waals surface area contributed by atoms with Crippen molar-refractivity contribution < 1.29 is 9.90 Å². The molecule has 0 aliphatic heterocycles. The summed E-state index contributed by atoms with van der Waals surface area (Å²) in [5.74, 6) is -0.239. The largest absolute Gasteiger partial charge is 0.394 e. The van der Waals surface area contributed by atoms with E-state index < -0.39 is 5.54 Å². The van der Waals surface area contributed by atoms with Gasteiger partial charge in [0.1, 0.15) is 0 Å². The second-order valence-corrected chi connectivity index (χ2v) is 6.13. The topological polar surface area (TPSA) is 49.3 Å². The van der Waals surface area contributed by atoms with Gasteiger partial charge in [-0.1, -0.05) is 41.9 Å². The van der Waals surface area contributed by atoms with Gasteiger partial charge in [0.2, 0.25) is 0 Å². The molecule has 0 saturated heterocycles. The number of halogens is 1. The first-order chi connectivity index (χ1) is 9.05. The number of aliphatic hydroxyl groups excluding tert-OH is 1. The minimum atomic E-state index is -0.811. The number of thiophene rings is 1. The maximum atomic E-state index is 12.1. The molecule has 0 fully saturated rings. The molecule has 1 amide bonds. The molecule has 0 radical (unpaired) electrons. The molecule has 0 aliphatic carbocycles. The van der Waals surface area contributed by atoms with E-state index >= 15 is 0 Å². The molecule has 0 spiro atoms. The molecule has 1 aromatic heterocycles. The van der Waals surface area contributed by atoms with Gasteiger partial charge in [0, 0.05) is 0 Å². The van der Waals surface area contributed by atoms with Crippen molar-refractivity contribution in [3.8, 4) is 0 Å². The van der Waals surface area contributed by atoms with Crippen LogP contribution in [0.1, 0.15) is 22.2 Å². The van der Waals surface area contributed by atoms with E-state index in [0.29, 0.717) is 9.21 Å². The van der Waals surface area contributed by atoms with E-state index in [0.717, 1.165) is 5.56 Å². The number of carbonyl (C=O) groups is 1. The Bertz CT molecular complexity index is 570. The third-order valence-electron chi connectivity index (χ3n) is 2.91.